The van der Waals surface area contributed by atoms with Gasteiger partial charge in [-0.3, -0.25) is 0 Å². The minimum Gasteiger partial charge on any atom is -0.385 e. The highest BCUT2D eigenvalue weighted by molar-refractivity contribution is 5.16. The molecule has 0 aliphatic heterocycles. The lowest BCUT2D eigenvalue weighted by Crippen LogP contribution is -2.23. The van der Waals surface area contributed by atoms with Crippen molar-refractivity contribution < 1.29 is 9.47 Å². The van der Waals surface area contributed by atoms with Crippen LogP contribution in [0, 0.1) is 5.41 Å². The van der Waals surface area contributed by atoms with Gasteiger partial charge in [-0.1, -0.05) is 37.3 Å². The molecule has 0 fully saturated rings. The Morgan fingerprint density at radius 3 is 1.94 bits per heavy atom. The molecule has 0 N–H and O–H groups in total. The van der Waals surface area contributed by atoms with Crippen molar-refractivity contribution >= 4 is 0 Å². The molecule has 1 rings (SSSR count). The predicted octanol–water partition coefficient (Wildman–Crippen LogP) is 3.31. The summed E-state index contributed by atoms with van der Waals surface area (Å²) in [7, 11) is 3.53. The van der Waals surface area contributed by atoms with Gasteiger partial charge in [-0.15, -0.1) is 0 Å². The van der Waals surface area contributed by atoms with Gasteiger partial charge < -0.3 is 9.47 Å². The van der Waals surface area contributed by atoms with Gasteiger partial charge in [0.05, 0.1) is 0 Å². The molecule has 0 aliphatic carbocycles. The lowest BCUT2D eigenvalue weighted by atomic mass is 9.78. The molecule has 0 heterocycles. The lowest BCUT2D eigenvalue weighted by Gasteiger charge is -2.29. The quantitative estimate of drug-likeness (QED) is 0.689. The Morgan fingerprint density at radius 2 is 1.47 bits per heavy atom. The van der Waals surface area contributed by atoms with Crippen LogP contribution in [0.15, 0.2) is 30.3 Å². The Balaban J connectivity index is 2.61. The Morgan fingerprint density at radius 1 is 0.941 bits per heavy atom. The Hall–Kier alpha value is -0.860. The van der Waals surface area contributed by atoms with Crippen molar-refractivity contribution in [1.29, 1.82) is 0 Å². The van der Waals surface area contributed by atoms with E-state index in [-0.39, 0.29) is 5.41 Å². The predicted molar refractivity (Wildman–Crippen MR) is 71.2 cm³/mol. The summed E-state index contributed by atoms with van der Waals surface area (Å²) in [4.78, 5) is 0. The number of hydrogen-bond donors (Lipinski definition) is 0. The monoisotopic (exact) mass is 236 g/mol. The summed E-state index contributed by atoms with van der Waals surface area (Å²) >= 11 is 0. The van der Waals surface area contributed by atoms with Crippen LogP contribution in [0.5, 0.6) is 0 Å². The van der Waals surface area contributed by atoms with Gasteiger partial charge in [-0.2, -0.15) is 0 Å². The average molecular weight is 236 g/mol. The average Bonchev–Trinajstić information content (AvgIpc) is 2.35. The van der Waals surface area contributed by atoms with Crippen molar-refractivity contribution in [2.75, 3.05) is 27.4 Å². The molecule has 2 heteroatoms. The van der Waals surface area contributed by atoms with E-state index in [2.05, 4.69) is 37.3 Å². The normalized spacial score (nSPS) is 11.7. The minimum atomic E-state index is 0.257. The van der Waals surface area contributed by atoms with Crippen LogP contribution in [0.4, 0.5) is 0 Å². The number of ether oxygens (including phenoxy) is 2. The van der Waals surface area contributed by atoms with Gasteiger partial charge in [0, 0.05) is 27.4 Å². The number of hydrogen-bond acceptors (Lipinski definition) is 2. The van der Waals surface area contributed by atoms with Gasteiger partial charge in [0.25, 0.3) is 0 Å². The molecular formula is C15H24O2. The maximum atomic E-state index is 5.21. The van der Waals surface area contributed by atoms with Gasteiger partial charge in [0.15, 0.2) is 0 Å². The third-order valence-electron chi connectivity index (χ3n) is 3.29. The summed E-state index contributed by atoms with van der Waals surface area (Å²) in [6, 6.07) is 10.6. The van der Waals surface area contributed by atoms with Crippen LogP contribution in [0.2, 0.25) is 0 Å². The maximum Gasteiger partial charge on any atom is 0.0467 e. The Bertz CT molecular complexity index is 287. The molecule has 0 bridgehead atoms. The minimum absolute atomic E-state index is 0.257. The van der Waals surface area contributed by atoms with Crippen molar-refractivity contribution in [2.45, 2.75) is 26.2 Å². The van der Waals surface area contributed by atoms with Gasteiger partial charge in [0.2, 0.25) is 0 Å². The van der Waals surface area contributed by atoms with Crippen LogP contribution in [0.3, 0.4) is 0 Å². The Labute approximate surface area is 105 Å². The molecule has 0 aliphatic rings. The second-order valence-corrected chi connectivity index (χ2v) is 4.96. The van der Waals surface area contributed by atoms with Crippen LogP contribution >= 0.6 is 0 Å². The smallest absolute Gasteiger partial charge is 0.0467 e. The molecule has 0 saturated heterocycles. The fraction of sp³-hybridized carbons (Fsp3) is 0.600. The summed E-state index contributed by atoms with van der Waals surface area (Å²) in [5.41, 5.74) is 1.65. The number of rotatable bonds is 8. The second kappa shape index (κ2) is 7.46. The molecule has 1 aromatic carbocycles. The number of benzene rings is 1. The fourth-order valence-corrected chi connectivity index (χ4v) is 2.09. The zero-order valence-electron chi connectivity index (χ0n) is 11.2. The highest BCUT2D eigenvalue weighted by Gasteiger charge is 2.24. The lowest BCUT2D eigenvalue weighted by molar-refractivity contribution is 0.103. The summed E-state index contributed by atoms with van der Waals surface area (Å²) in [5.74, 6) is 0. The summed E-state index contributed by atoms with van der Waals surface area (Å²) in [5, 5.41) is 0. The first-order chi connectivity index (χ1) is 8.20. The molecule has 2 nitrogen and oxygen atoms in total. The summed E-state index contributed by atoms with van der Waals surface area (Å²) in [6.07, 6.45) is 3.23. The summed E-state index contributed by atoms with van der Waals surface area (Å²) in [6.45, 7) is 3.94. The van der Waals surface area contributed by atoms with E-state index >= 15 is 0 Å². The van der Waals surface area contributed by atoms with E-state index in [0.717, 1.165) is 32.5 Å². The maximum absolute atomic E-state index is 5.21. The van der Waals surface area contributed by atoms with E-state index in [1.165, 1.54) is 5.56 Å². The third kappa shape index (κ3) is 5.33. The van der Waals surface area contributed by atoms with Gasteiger partial charge in [0.1, 0.15) is 0 Å². The van der Waals surface area contributed by atoms with Crippen LogP contribution in [-0.4, -0.2) is 27.4 Å². The molecule has 0 radical (unpaired) electrons. The fourth-order valence-electron chi connectivity index (χ4n) is 2.09. The second-order valence-electron chi connectivity index (χ2n) is 4.96. The van der Waals surface area contributed by atoms with Crippen molar-refractivity contribution in [3.63, 3.8) is 0 Å². The van der Waals surface area contributed by atoms with Crippen LogP contribution in [-0.2, 0) is 15.9 Å². The third-order valence-corrected chi connectivity index (χ3v) is 3.29. The van der Waals surface area contributed by atoms with Gasteiger partial charge in [-0.25, -0.2) is 0 Å². The largest absolute Gasteiger partial charge is 0.385 e. The molecule has 17 heavy (non-hydrogen) atoms. The molecule has 0 amide bonds. The van der Waals surface area contributed by atoms with E-state index in [0.29, 0.717) is 0 Å². The number of methoxy groups -OCH3 is 2. The first-order valence-electron chi connectivity index (χ1n) is 6.22. The van der Waals surface area contributed by atoms with E-state index in [1.807, 2.05) is 0 Å². The van der Waals surface area contributed by atoms with Crippen molar-refractivity contribution in [2.24, 2.45) is 5.41 Å². The molecule has 96 valence electrons. The van der Waals surface area contributed by atoms with Crippen LogP contribution < -0.4 is 0 Å². The van der Waals surface area contributed by atoms with E-state index < -0.39 is 0 Å². The highest BCUT2D eigenvalue weighted by Crippen LogP contribution is 2.30. The molecule has 0 unspecified atom stereocenters. The first kappa shape index (κ1) is 14.2. The van der Waals surface area contributed by atoms with Gasteiger partial charge >= 0.3 is 0 Å². The van der Waals surface area contributed by atoms with E-state index in [1.54, 1.807) is 14.2 Å². The Kier molecular flexibility index (Phi) is 6.23. The SMILES string of the molecule is COCCC(C)(CCOC)Cc1ccccc1. The molecule has 0 aromatic heterocycles. The van der Waals surface area contributed by atoms with Crippen molar-refractivity contribution in [1.82, 2.24) is 0 Å². The summed E-state index contributed by atoms with van der Waals surface area (Å²) < 4.78 is 10.4. The van der Waals surface area contributed by atoms with Crippen LogP contribution in [0.25, 0.3) is 0 Å². The van der Waals surface area contributed by atoms with E-state index in [9.17, 15) is 0 Å². The van der Waals surface area contributed by atoms with Crippen molar-refractivity contribution in [3.8, 4) is 0 Å². The molecule has 0 atom stereocenters. The zero-order valence-corrected chi connectivity index (χ0v) is 11.2. The molecule has 0 spiro atoms. The van der Waals surface area contributed by atoms with Crippen molar-refractivity contribution in [3.05, 3.63) is 35.9 Å². The first-order valence-corrected chi connectivity index (χ1v) is 6.22. The standard InChI is InChI=1S/C15H24O2/c1-15(9-11-16-2,10-12-17-3)13-14-7-5-4-6-8-14/h4-8H,9-13H2,1-3H3. The zero-order chi connectivity index (χ0) is 12.6. The molecule has 1 aromatic rings. The van der Waals surface area contributed by atoms with Crippen LogP contribution in [0.1, 0.15) is 25.3 Å². The molecule has 0 saturated carbocycles. The topological polar surface area (TPSA) is 18.5 Å². The van der Waals surface area contributed by atoms with Gasteiger partial charge in [-0.05, 0) is 30.2 Å². The highest BCUT2D eigenvalue weighted by atomic mass is 16.5. The molecular weight excluding hydrogens is 212 g/mol. The van der Waals surface area contributed by atoms with E-state index in [4.69, 9.17) is 9.47 Å².